The SMILES string of the molecule is CC(C)(C)OC(=O)N1CCC2(c3ccc(Cl)c(Cl)c3)CC2(CC(N)=S)C1. The number of hydrogen-bond acceptors (Lipinski definition) is 3. The molecule has 0 spiro atoms. The molecule has 1 saturated heterocycles. The van der Waals surface area contributed by atoms with E-state index < -0.39 is 5.60 Å². The number of thiocarbonyl (C=S) groups is 1. The van der Waals surface area contributed by atoms with Crippen LogP contribution in [-0.4, -0.2) is 34.7 Å². The van der Waals surface area contributed by atoms with Gasteiger partial charge in [-0.15, -0.1) is 0 Å². The van der Waals surface area contributed by atoms with E-state index in [1.165, 1.54) is 0 Å². The molecule has 2 fully saturated rings. The van der Waals surface area contributed by atoms with Crippen molar-refractivity contribution >= 4 is 46.5 Å². The van der Waals surface area contributed by atoms with Crippen LogP contribution in [-0.2, 0) is 10.2 Å². The van der Waals surface area contributed by atoms with E-state index in [0.29, 0.717) is 34.5 Å². The van der Waals surface area contributed by atoms with Gasteiger partial charge in [0.15, 0.2) is 0 Å². The Balaban J connectivity index is 1.87. The summed E-state index contributed by atoms with van der Waals surface area (Å²) in [5, 5.41) is 1.09. The molecule has 0 radical (unpaired) electrons. The van der Waals surface area contributed by atoms with Crippen LogP contribution in [0.25, 0.3) is 0 Å². The van der Waals surface area contributed by atoms with E-state index in [1.807, 2.05) is 39.0 Å². The molecule has 1 aromatic carbocycles. The van der Waals surface area contributed by atoms with Gasteiger partial charge in [-0.1, -0.05) is 41.5 Å². The summed E-state index contributed by atoms with van der Waals surface area (Å²) in [4.78, 5) is 14.8. The zero-order valence-electron chi connectivity index (χ0n) is 15.3. The summed E-state index contributed by atoms with van der Waals surface area (Å²) < 4.78 is 5.55. The Bertz CT molecular complexity index is 764. The maximum Gasteiger partial charge on any atom is 0.410 e. The predicted octanol–water partition coefficient (Wildman–Crippen LogP) is 4.94. The van der Waals surface area contributed by atoms with Gasteiger partial charge in [0.1, 0.15) is 5.60 Å². The van der Waals surface area contributed by atoms with Gasteiger partial charge in [-0.25, -0.2) is 4.79 Å². The number of fused-ring (bicyclic) bond motifs is 1. The van der Waals surface area contributed by atoms with Crippen molar-refractivity contribution in [3.8, 4) is 0 Å². The smallest absolute Gasteiger partial charge is 0.410 e. The zero-order chi connectivity index (χ0) is 19.3. The van der Waals surface area contributed by atoms with Crippen molar-refractivity contribution in [1.29, 1.82) is 0 Å². The minimum absolute atomic E-state index is 0.0663. The molecule has 142 valence electrons. The summed E-state index contributed by atoms with van der Waals surface area (Å²) in [5.41, 5.74) is 6.30. The van der Waals surface area contributed by atoms with E-state index in [0.717, 1.165) is 18.4 Å². The van der Waals surface area contributed by atoms with Crippen LogP contribution in [0, 0.1) is 5.41 Å². The number of benzene rings is 1. The summed E-state index contributed by atoms with van der Waals surface area (Å²) in [6.45, 7) is 6.83. The van der Waals surface area contributed by atoms with Gasteiger partial charge in [0.25, 0.3) is 0 Å². The lowest BCUT2D eigenvalue weighted by atomic mass is 9.78. The molecule has 1 aliphatic carbocycles. The van der Waals surface area contributed by atoms with Gasteiger partial charge in [-0.2, -0.15) is 0 Å². The summed E-state index contributed by atoms with van der Waals surface area (Å²) in [6.07, 6.45) is 2.07. The van der Waals surface area contributed by atoms with Crippen molar-refractivity contribution in [2.45, 2.75) is 51.0 Å². The molecular formula is C19H24Cl2N2O2S. The molecule has 4 nitrogen and oxygen atoms in total. The fraction of sp³-hybridized carbons (Fsp3) is 0.579. The highest BCUT2D eigenvalue weighted by Gasteiger charge is 2.70. The number of likely N-dealkylation sites (tertiary alicyclic amines) is 1. The van der Waals surface area contributed by atoms with Crippen LogP contribution in [0.3, 0.4) is 0 Å². The summed E-state index contributed by atoms with van der Waals surface area (Å²) in [7, 11) is 0. The number of halogens is 2. The number of amides is 1. The van der Waals surface area contributed by atoms with Crippen molar-refractivity contribution in [2.75, 3.05) is 13.1 Å². The van der Waals surface area contributed by atoms with Crippen molar-refractivity contribution in [3.05, 3.63) is 33.8 Å². The van der Waals surface area contributed by atoms with Crippen LogP contribution in [0.15, 0.2) is 18.2 Å². The van der Waals surface area contributed by atoms with Crippen molar-refractivity contribution in [2.24, 2.45) is 11.1 Å². The third-order valence-corrected chi connectivity index (χ3v) is 6.35. The maximum absolute atomic E-state index is 12.5. The number of hydrogen-bond donors (Lipinski definition) is 1. The Labute approximate surface area is 170 Å². The molecule has 0 bridgehead atoms. The quantitative estimate of drug-likeness (QED) is 0.711. The second kappa shape index (κ2) is 6.54. The third kappa shape index (κ3) is 3.54. The van der Waals surface area contributed by atoms with Gasteiger partial charge in [0, 0.05) is 30.3 Å². The van der Waals surface area contributed by atoms with E-state index >= 15 is 0 Å². The third-order valence-electron chi connectivity index (χ3n) is 5.47. The Kier molecular flexibility index (Phi) is 4.96. The van der Waals surface area contributed by atoms with Gasteiger partial charge in [0.05, 0.1) is 15.0 Å². The maximum atomic E-state index is 12.5. The number of piperidine rings is 1. The number of carbonyl (C=O) groups excluding carboxylic acids is 1. The molecule has 26 heavy (non-hydrogen) atoms. The number of carbonyl (C=O) groups is 1. The average molecular weight is 415 g/mol. The molecule has 2 N–H and O–H groups in total. The standard InChI is InChI=1S/C19H24Cl2N2O2S/c1-17(2,3)25-16(24)23-7-6-19(10-18(19,11-23)9-15(22)26)12-4-5-13(20)14(21)8-12/h4-5,8H,6-7,9-11H2,1-3H3,(H2,22,26). The first-order chi connectivity index (χ1) is 12.0. The van der Waals surface area contributed by atoms with Crippen molar-refractivity contribution in [1.82, 2.24) is 4.90 Å². The monoisotopic (exact) mass is 414 g/mol. The van der Waals surface area contributed by atoms with E-state index in [9.17, 15) is 4.79 Å². The molecule has 2 unspecified atom stereocenters. The fourth-order valence-electron chi connectivity index (χ4n) is 4.31. The second-order valence-corrected chi connectivity index (χ2v) is 9.80. The van der Waals surface area contributed by atoms with E-state index in [2.05, 4.69) is 0 Å². The topological polar surface area (TPSA) is 55.6 Å². The van der Waals surface area contributed by atoms with E-state index in [-0.39, 0.29) is 16.9 Å². The zero-order valence-corrected chi connectivity index (χ0v) is 17.6. The summed E-state index contributed by atoms with van der Waals surface area (Å²) in [5.74, 6) is 0. The molecule has 1 aromatic rings. The number of rotatable bonds is 3. The van der Waals surface area contributed by atoms with Gasteiger partial charge in [0.2, 0.25) is 0 Å². The van der Waals surface area contributed by atoms with Crippen LogP contribution in [0.5, 0.6) is 0 Å². The van der Waals surface area contributed by atoms with E-state index in [1.54, 1.807) is 4.90 Å². The number of nitrogens with zero attached hydrogens (tertiary/aromatic N) is 1. The average Bonchev–Trinajstić information content (AvgIpc) is 3.15. The lowest BCUT2D eigenvalue weighted by Crippen LogP contribution is -2.47. The Hall–Kier alpha value is -1.04. The molecule has 0 aromatic heterocycles. The van der Waals surface area contributed by atoms with Gasteiger partial charge >= 0.3 is 6.09 Å². The first-order valence-electron chi connectivity index (χ1n) is 8.70. The second-order valence-electron chi connectivity index (χ2n) is 8.46. The Morgan fingerprint density at radius 3 is 2.62 bits per heavy atom. The normalized spacial score (nSPS) is 27.7. The molecular weight excluding hydrogens is 391 g/mol. The fourth-order valence-corrected chi connectivity index (χ4v) is 4.89. The highest BCUT2D eigenvalue weighted by Crippen LogP contribution is 2.70. The number of nitrogens with two attached hydrogens (primary N) is 1. The molecule has 1 heterocycles. The lowest BCUT2D eigenvalue weighted by molar-refractivity contribution is 0.0143. The van der Waals surface area contributed by atoms with Gasteiger partial charge < -0.3 is 15.4 Å². The van der Waals surface area contributed by atoms with Crippen molar-refractivity contribution in [3.63, 3.8) is 0 Å². The predicted molar refractivity (Wildman–Crippen MR) is 109 cm³/mol. The van der Waals surface area contributed by atoms with Crippen LogP contribution < -0.4 is 5.73 Å². The minimum atomic E-state index is -0.519. The van der Waals surface area contributed by atoms with E-state index in [4.69, 9.17) is 45.9 Å². The van der Waals surface area contributed by atoms with Gasteiger partial charge in [-0.05, 0) is 51.3 Å². The molecule has 3 rings (SSSR count). The Morgan fingerprint density at radius 1 is 1.35 bits per heavy atom. The Morgan fingerprint density at radius 2 is 2.04 bits per heavy atom. The summed E-state index contributed by atoms with van der Waals surface area (Å²) >= 11 is 17.5. The molecule has 2 aliphatic rings. The highest BCUT2D eigenvalue weighted by molar-refractivity contribution is 7.80. The first-order valence-corrected chi connectivity index (χ1v) is 9.86. The van der Waals surface area contributed by atoms with Crippen LogP contribution in [0.2, 0.25) is 10.0 Å². The van der Waals surface area contributed by atoms with Crippen molar-refractivity contribution < 1.29 is 9.53 Å². The molecule has 1 saturated carbocycles. The first kappa shape index (κ1) is 19.7. The largest absolute Gasteiger partial charge is 0.444 e. The molecule has 7 heteroatoms. The number of ether oxygens (including phenoxy) is 1. The summed E-state index contributed by atoms with van der Waals surface area (Å²) in [6, 6.07) is 5.80. The molecule has 1 aliphatic heterocycles. The van der Waals surface area contributed by atoms with Gasteiger partial charge in [-0.3, -0.25) is 0 Å². The minimum Gasteiger partial charge on any atom is -0.444 e. The molecule has 1 amide bonds. The van der Waals surface area contributed by atoms with Crippen LogP contribution in [0.1, 0.15) is 45.6 Å². The molecule has 2 atom stereocenters. The van der Waals surface area contributed by atoms with Crippen LogP contribution >= 0.6 is 35.4 Å². The lowest BCUT2D eigenvalue weighted by Gasteiger charge is -2.38. The van der Waals surface area contributed by atoms with Crippen LogP contribution in [0.4, 0.5) is 4.79 Å². The highest BCUT2D eigenvalue weighted by atomic mass is 35.5.